The van der Waals surface area contributed by atoms with E-state index < -0.39 is 0 Å². The number of halogens is 1. The lowest BCUT2D eigenvalue weighted by Gasteiger charge is -2.22. The van der Waals surface area contributed by atoms with Crippen LogP contribution in [0, 0.1) is 0 Å². The van der Waals surface area contributed by atoms with E-state index in [2.05, 4.69) is 0 Å². The number of carbonyl (C=O) groups is 1. The normalized spacial score (nSPS) is 16.0. The Balaban J connectivity index is 1.71. The highest BCUT2D eigenvalue weighted by molar-refractivity contribution is 6.30. The van der Waals surface area contributed by atoms with Gasteiger partial charge in [0, 0.05) is 17.0 Å². The van der Waals surface area contributed by atoms with Crippen LogP contribution in [-0.2, 0) is 0 Å². The lowest BCUT2D eigenvalue weighted by atomic mass is 9.98. The number of benzene rings is 3. The van der Waals surface area contributed by atoms with E-state index in [1.54, 1.807) is 36.4 Å². The third-order valence-corrected chi connectivity index (χ3v) is 5.07. The van der Waals surface area contributed by atoms with Gasteiger partial charge >= 0.3 is 0 Å². The van der Waals surface area contributed by atoms with Crippen molar-refractivity contribution in [2.45, 2.75) is 12.5 Å². The number of rotatable bonds is 4. The summed E-state index contributed by atoms with van der Waals surface area (Å²) in [6.45, 7) is 0. The summed E-state index contributed by atoms with van der Waals surface area (Å²) in [5.74, 6) is 0.630. The number of carbonyl (C=O) groups excluding carboxylic acids is 1. The molecule has 0 aromatic heterocycles. The first-order chi connectivity index (χ1) is 13.7. The van der Waals surface area contributed by atoms with Gasteiger partial charge in [-0.3, -0.25) is 4.79 Å². The van der Waals surface area contributed by atoms with Crippen LogP contribution < -0.4 is 4.74 Å². The third kappa shape index (κ3) is 3.64. The molecule has 3 aromatic rings. The van der Waals surface area contributed by atoms with Crippen molar-refractivity contribution in [3.8, 4) is 5.75 Å². The number of hydrogen-bond acceptors (Lipinski definition) is 3. The molecule has 0 fully saturated rings. The van der Waals surface area contributed by atoms with Gasteiger partial charge in [0.05, 0.1) is 18.9 Å². The Morgan fingerprint density at radius 2 is 1.68 bits per heavy atom. The lowest BCUT2D eigenvalue weighted by molar-refractivity contribution is 0.0711. The molecular formula is C23H19ClN2O2. The summed E-state index contributed by atoms with van der Waals surface area (Å²) in [6.07, 6.45) is 0.648. The fourth-order valence-corrected chi connectivity index (χ4v) is 3.44. The number of ether oxygens (including phenoxy) is 1. The quantitative estimate of drug-likeness (QED) is 0.603. The van der Waals surface area contributed by atoms with Crippen molar-refractivity contribution in [1.82, 2.24) is 5.01 Å². The molecule has 0 saturated carbocycles. The van der Waals surface area contributed by atoms with E-state index >= 15 is 0 Å². The van der Waals surface area contributed by atoms with Crippen LogP contribution in [0.4, 0.5) is 0 Å². The van der Waals surface area contributed by atoms with E-state index in [0.717, 1.165) is 22.6 Å². The van der Waals surface area contributed by atoms with Crippen LogP contribution in [0.3, 0.4) is 0 Å². The van der Waals surface area contributed by atoms with Gasteiger partial charge in [-0.05, 0) is 47.5 Å². The summed E-state index contributed by atoms with van der Waals surface area (Å²) >= 11 is 5.97. The predicted octanol–water partition coefficient (Wildman–Crippen LogP) is 5.34. The van der Waals surface area contributed by atoms with Crippen LogP contribution in [0.2, 0.25) is 5.02 Å². The van der Waals surface area contributed by atoms with Gasteiger partial charge in [-0.1, -0.05) is 54.1 Å². The SMILES string of the molecule is COc1ccc(C2CC(c3ccccc3)=NN2C(=O)c2ccc(Cl)cc2)cc1. The number of hydrogen-bond donors (Lipinski definition) is 0. The maximum absolute atomic E-state index is 13.2. The molecule has 1 aliphatic heterocycles. The van der Waals surface area contributed by atoms with Crippen LogP contribution in [0.5, 0.6) is 5.75 Å². The minimum atomic E-state index is -0.177. The van der Waals surface area contributed by atoms with Gasteiger partial charge < -0.3 is 4.74 Å². The molecule has 0 N–H and O–H groups in total. The van der Waals surface area contributed by atoms with E-state index in [1.165, 1.54) is 0 Å². The van der Waals surface area contributed by atoms with Crippen molar-refractivity contribution in [2.75, 3.05) is 7.11 Å². The first-order valence-electron chi connectivity index (χ1n) is 9.01. The summed E-state index contributed by atoms with van der Waals surface area (Å²) in [4.78, 5) is 13.2. The standard InChI is InChI=1S/C23H19ClN2O2/c1-28-20-13-9-17(10-14-20)22-15-21(16-5-3-2-4-6-16)25-26(22)23(27)18-7-11-19(24)12-8-18/h2-14,22H,15H2,1H3. The Hall–Kier alpha value is -3.11. The van der Waals surface area contributed by atoms with Crippen LogP contribution in [-0.4, -0.2) is 23.7 Å². The molecule has 1 amide bonds. The van der Waals surface area contributed by atoms with Crippen molar-refractivity contribution >= 4 is 23.2 Å². The molecule has 4 nitrogen and oxygen atoms in total. The van der Waals surface area contributed by atoms with E-state index in [1.807, 2.05) is 54.6 Å². The molecule has 28 heavy (non-hydrogen) atoms. The smallest absolute Gasteiger partial charge is 0.274 e. The minimum absolute atomic E-state index is 0.150. The summed E-state index contributed by atoms with van der Waals surface area (Å²) in [6, 6.07) is 24.4. The second kappa shape index (κ2) is 7.87. The molecule has 0 radical (unpaired) electrons. The van der Waals surface area contributed by atoms with Crippen LogP contribution in [0.15, 0.2) is 84.0 Å². The average molecular weight is 391 g/mol. The summed E-state index contributed by atoms with van der Waals surface area (Å²) in [5.41, 5.74) is 3.48. The van der Waals surface area contributed by atoms with E-state index in [-0.39, 0.29) is 11.9 Å². The highest BCUT2D eigenvalue weighted by Crippen LogP contribution is 2.34. The average Bonchev–Trinajstić information content (AvgIpc) is 3.20. The van der Waals surface area contributed by atoms with E-state index in [9.17, 15) is 4.79 Å². The molecular weight excluding hydrogens is 372 g/mol. The van der Waals surface area contributed by atoms with E-state index in [4.69, 9.17) is 21.4 Å². The fraction of sp³-hybridized carbons (Fsp3) is 0.130. The zero-order valence-electron chi connectivity index (χ0n) is 15.4. The van der Waals surface area contributed by atoms with Crippen LogP contribution in [0.25, 0.3) is 0 Å². The molecule has 0 spiro atoms. The first kappa shape index (κ1) is 18.3. The van der Waals surface area contributed by atoms with Gasteiger partial charge in [0.2, 0.25) is 0 Å². The maximum Gasteiger partial charge on any atom is 0.274 e. The largest absolute Gasteiger partial charge is 0.497 e. The summed E-state index contributed by atoms with van der Waals surface area (Å²) < 4.78 is 5.26. The van der Waals surface area contributed by atoms with E-state index in [0.29, 0.717) is 17.0 Å². The Kier molecular flexibility index (Phi) is 5.13. The number of hydrazone groups is 1. The molecule has 1 heterocycles. The van der Waals surface area contributed by atoms with Gasteiger partial charge in [0.15, 0.2) is 0 Å². The molecule has 140 valence electrons. The minimum Gasteiger partial charge on any atom is -0.497 e. The number of methoxy groups -OCH3 is 1. The Labute approximate surface area is 169 Å². The molecule has 0 aliphatic carbocycles. The van der Waals surface area contributed by atoms with Gasteiger partial charge in [-0.25, -0.2) is 5.01 Å². The molecule has 0 bridgehead atoms. The predicted molar refractivity (Wildman–Crippen MR) is 111 cm³/mol. The van der Waals surface area contributed by atoms with Crippen molar-refractivity contribution in [2.24, 2.45) is 5.10 Å². The Morgan fingerprint density at radius 3 is 2.32 bits per heavy atom. The molecule has 5 heteroatoms. The van der Waals surface area contributed by atoms with Crippen molar-refractivity contribution in [1.29, 1.82) is 0 Å². The van der Waals surface area contributed by atoms with Crippen molar-refractivity contribution in [3.05, 3.63) is 101 Å². The first-order valence-corrected chi connectivity index (χ1v) is 9.39. The molecule has 0 saturated heterocycles. The van der Waals surface area contributed by atoms with Crippen LogP contribution >= 0.6 is 11.6 Å². The number of amides is 1. The highest BCUT2D eigenvalue weighted by Gasteiger charge is 2.33. The zero-order chi connectivity index (χ0) is 19.5. The van der Waals surface area contributed by atoms with Gasteiger partial charge in [0.1, 0.15) is 5.75 Å². The van der Waals surface area contributed by atoms with Gasteiger partial charge in [0.25, 0.3) is 5.91 Å². The van der Waals surface area contributed by atoms with Gasteiger partial charge in [-0.15, -0.1) is 0 Å². The van der Waals surface area contributed by atoms with Crippen LogP contribution in [0.1, 0.15) is 33.9 Å². The van der Waals surface area contributed by atoms with Crippen molar-refractivity contribution in [3.63, 3.8) is 0 Å². The lowest BCUT2D eigenvalue weighted by Crippen LogP contribution is -2.27. The molecule has 1 aliphatic rings. The Morgan fingerprint density at radius 1 is 1.00 bits per heavy atom. The third-order valence-electron chi connectivity index (χ3n) is 4.82. The molecule has 4 rings (SSSR count). The maximum atomic E-state index is 13.2. The topological polar surface area (TPSA) is 41.9 Å². The fourth-order valence-electron chi connectivity index (χ4n) is 3.31. The second-order valence-electron chi connectivity index (χ2n) is 6.56. The zero-order valence-corrected chi connectivity index (χ0v) is 16.1. The summed E-state index contributed by atoms with van der Waals surface area (Å²) in [5, 5.41) is 6.87. The highest BCUT2D eigenvalue weighted by atomic mass is 35.5. The van der Waals surface area contributed by atoms with Gasteiger partial charge in [-0.2, -0.15) is 5.10 Å². The summed E-state index contributed by atoms with van der Waals surface area (Å²) in [7, 11) is 1.64. The monoisotopic (exact) mass is 390 g/mol. The molecule has 1 atom stereocenters. The Bertz CT molecular complexity index is 999. The molecule has 3 aromatic carbocycles. The van der Waals surface area contributed by atoms with Crippen molar-refractivity contribution < 1.29 is 9.53 Å². The second-order valence-corrected chi connectivity index (χ2v) is 7.00. The number of nitrogens with zero attached hydrogens (tertiary/aromatic N) is 2. The molecule has 1 unspecified atom stereocenters.